The zero-order valence-corrected chi connectivity index (χ0v) is 28.4. The Kier molecular flexibility index (Phi) is 12.2. The van der Waals surface area contributed by atoms with E-state index in [9.17, 15) is 27.6 Å². The van der Waals surface area contributed by atoms with Crippen molar-refractivity contribution in [2.75, 3.05) is 19.7 Å². The molecule has 3 N–H and O–H groups in total. The number of nitrogens with one attached hydrogen (secondary N) is 1. The lowest BCUT2D eigenvalue weighted by Crippen LogP contribution is -2.58. The fraction of sp³-hybridized carbons (Fsp3) is 0.432. The Balaban J connectivity index is 1.42. The molecule has 14 heteroatoms. The van der Waals surface area contributed by atoms with E-state index in [1.54, 1.807) is 24.3 Å². The molecule has 8 nitrogen and oxygen atoms in total. The van der Waals surface area contributed by atoms with E-state index < -0.39 is 47.6 Å². The standard InChI is InChI=1S/C37H39ClF5N3O5/c38-28-14-8-25(9-15-28)24-6-12-27(13-7-24)36(39,40)32(34(48)46-20-18-29(44)19-21-46)45-33(47)31(51-35(49)37(41,42)43)26-10-16-30(17-11-26)50-22-23-4-2-1-3-5-23/h6-17,23,29,31-32H,1-5,18-22,44H2,(H,45,47)/t31-,32+/m0/s1. The van der Waals surface area contributed by atoms with E-state index in [2.05, 4.69) is 4.74 Å². The molecule has 5 rings (SSSR count). The Bertz CT molecular complexity index is 1640. The summed E-state index contributed by atoms with van der Waals surface area (Å²) in [5.74, 6) is -8.79. The second-order valence-electron chi connectivity index (χ2n) is 13.0. The average molecular weight is 736 g/mol. The first-order valence-electron chi connectivity index (χ1n) is 16.8. The van der Waals surface area contributed by atoms with Crippen LogP contribution in [0.3, 0.4) is 0 Å². The summed E-state index contributed by atoms with van der Waals surface area (Å²) >= 11 is 5.95. The number of benzene rings is 3. The van der Waals surface area contributed by atoms with Gasteiger partial charge in [0.2, 0.25) is 6.10 Å². The topological polar surface area (TPSA) is 111 Å². The van der Waals surface area contributed by atoms with Gasteiger partial charge in [0.15, 0.2) is 6.04 Å². The zero-order chi connectivity index (χ0) is 36.8. The maximum Gasteiger partial charge on any atom is 0.490 e. The Labute approximate surface area is 297 Å². The van der Waals surface area contributed by atoms with Gasteiger partial charge < -0.3 is 25.4 Å². The lowest BCUT2D eigenvalue weighted by atomic mass is 9.90. The highest BCUT2D eigenvalue weighted by Crippen LogP contribution is 2.36. The quantitative estimate of drug-likeness (QED) is 0.158. The van der Waals surface area contributed by atoms with Crippen molar-refractivity contribution in [3.05, 3.63) is 88.9 Å². The fourth-order valence-corrected chi connectivity index (χ4v) is 6.40. The molecule has 1 aliphatic heterocycles. The molecule has 3 aromatic carbocycles. The predicted molar refractivity (Wildman–Crippen MR) is 180 cm³/mol. The van der Waals surface area contributed by atoms with Gasteiger partial charge in [0.1, 0.15) is 5.75 Å². The van der Waals surface area contributed by atoms with Crippen molar-refractivity contribution in [1.82, 2.24) is 10.2 Å². The molecule has 1 aliphatic carbocycles. The van der Waals surface area contributed by atoms with Crippen LogP contribution < -0.4 is 15.8 Å². The number of carbonyl (C=O) groups excluding carboxylic acids is 3. The Hall–Kier alpha value is -4.23. The number of piperidine rings is 1. The van der Waals surface area contributed by atoms with Gasteiger partial charge >= 0.3 is 18.1 Å². The van der Waals surface area contributed by atoms with Crippen LogP contribution in [0.2, 0.25) is 5.02 Å². The van der Waals surface area contributed by atoms with Gasteiger partial charge in [-0.1, -0.05) is 79.4 Å². The Morgan fingerprint density at radius 2 is 1.39 bits per heavy atom. The van der Waals surface area contributed by atoms with E-state index in [1.165, 1.54) is 36.4 Å². The number of nitrogens with two attached hydrogens (primary N) is 1. The third kappa shape index (κ3) is 9.76. The van der Waals surface area contributed by atoms with Gasteiger partial charge in [-0.3, -0.25) is 9.59 Å². The van der Waals surface area contributed by atoms with Crippen molar-refractivity contribution in [3.63, 3.8) is 0 Å². The number of amides is 2. The summed E-state index contributed by atoms with van der Waals surface area (Å²) < 4.78 is 83.4. The molecule has 0 bridgehead atoms. The molecule has 2 amide bonds. The van der Waals surface area contributed by atoms with Crippen LogP contribution in [0.5, 0.6) is 5.75 Å². The molecule has 274 valence electrons. The van der Waals surface area contributed by atoms with Crippen LogP contribution in [0.4, 0.5) is 22.0 Å². The molecule has 2 fully saturated rings. The van der Waals surface area contributed by atoms with Crippen molar-refractivity contribution in [1.29, 1.82) is 0 Å². The van der Waals surface area contributed by atoms with Gasteiger partial charge in [-0.15, -0.1) is 0 Å². The van der Waals surface area contributed by atoms with Crippen LogP contribution in [0.15, 0.2) is 72.8 Å². The first-order chi connectivity index (χ1) is 24.2. The third-order valence-corrected chi connectivity index (χ3v) is 9.53. The number of esters is 1. The van der Waals surface area contributed by atoms with E-state index in [0.29, 0.717) is 47.3 Å². The summed E-state index contributed by atoms with van der Waals surface area (Å²) in [5.41, 5.74) is 6.29. The van der Waals surface area contributed by atoms with E-state index >= 15 is 8.78 Å². The highest BCUT2D eigenvalue weighted by atomic mass is 35.5. The minimum Gasteiger partial charge on any atom is -0.493 e. The van der Waals surface area contributed by atoms with Crippen molar-refractivity contribution in [2.45, 2.75) is 75.2 Å². The second kappa shape index (κ2) is 16.4. The minimum atomic E-state index is -5.50. The van der Waals surface area contributed by atoms with Crippen molar-refractivity contribution >= 4 is 29.4 Å². The molecule has 0 unspecified atom stereocenters. The number of nitrogens with zero attached hydrogens (tertiary/aromatic N) is 1. The maximum absolute atomic E-state index is 16.5. The van der Waals surface area contributed by atoms with Crippen molar-refractivity contribution in [3.8, 4) is 16.9 Å². The van der Waals surface area contributed by atoms with Gasteiger partial charge in [0.05, 0.1) is 6.61 Å². The fourth-order valence-electron chi connectivity index (χ4n) is 6.28. The predicted octanol–water partition coefficient (Wildman–Crippen LogP) is 7.34. The van der Waals surface area contributed by atoms with Gasteiger partial charge in [-0.05, 0) is 67.0 Å². The molecule has 1 saturated carbocycles. The molecular formula is C37H39ClF5N3O5. The monoisotopic (exact) mass is 735 g/mol. The maximum atomic E-state index is 16.5. The molecule has 0 radical (unpaired) electrons. The van der Waals surface area contributed by atoms with E-state index in [1.807, 2.05) is 5.32 Å². The van der Waals surface area contributed by atoms with Crippen LogP contribution in [0.1, 0.15) is 62.2 Å². The summed E-state index contributed by atoms with van der Waals surface area (Å²) in [6.07, 6.45) is -1.84. The van der Waals surface area contributed by atoms with Crippen molar-refractivity contribution < 1.29 is 45.8 Å². The van der Waals surface area contributed by atoms with Crippen molar-refractivity contribution in [2.24, 2.45) is 11.7 Å². The number of hydrogen-bond acceptors (Lipinski definition) is 6. The number of likely N-dealkylation sites (tertiary alicyclic amines) is 1. The normalized spacial score (nSPS) is 17.4. The summed E-state index contributed by atoms with van der Waals surface area (Å²) in [4.78, 5) is 40.5. The summed E-state index contributed by atoms with van der Waals surface area (Å²) in [6, 6.07) is 14.0. The van der Waals surface area contributed by atoms with E-state index in [0.717, 1.165) is 49.1 Å². The zero-order valence-electron chi connectivity index (χ0n) is 27.6. The van der Waals surface area contributed by atoms with Gasteiger partial charge in [0, 0.05) is 35.3 Å². The second-order valence-corrected chi connectivity index (χ2v) is 13.4. The van der Waals surface area contributed by atoms with Crippen LogP contribution in [0, 0.1) is 5.92 Å². The van der Waals surface area contributed by atoms with Crippen LogP contribution in [-0.2, 0) is 25.0 Å². The smallest absolute Gasteiger partial charge is 0.490 e. The number of halogens is 6. The molecule has 1 heterocycles. The molecule has 1 saturated heterocycles. The first-order valence-corrected chi connectivity index (χ1v) is 17.2. The number of hydrogen-bond donors (Lipinski definition) is 2. The third-order valence-electron chi connectivity index (χ3n) is 9.28. The molecular weight excluding hydrogens is 697 g/mol. The van der Waals surface area contributed by atoms with Gasteiger partial charge in [-0.2, -0.15) is 22.0 Å². The molecule has 2 atom stereocenters. The molecule has 3 aromatic rings. The molecule has 2 aliphatic rings. The SMILES string of the molecule is NC1CCN(C(=O)[C@@H](NC(=O)[C@@H](OC(=O)C(F)(F)F)c2ccc(OCC3CCCCC3)cc2)C(F)(F)c2ccc(-c3ccc(Cl)cc3)cc2)CC1. The first kappa shape index (κ1) is 38.0. The van der Waals surface area contributed by atoms with E-state index in [-0.39, 0.29) is 24.7 Å². The van der Waals surface area contributed by atoms with Crippen LogP contribution in [0.25, 0.3) is 11.1 Å². The Morgan fingerprint density at radius 1 is 0.824 bits per heavy atom. The Morgan fingerprint density at radius 3 is 1.96 bits per heavy atom. The minimum absolute atomic E-state index is 0.0206. The van der Waals surface area contributed by atoms with Crippen LogP contribution in [-0.4, -0.2) is 60.6 Å². The highest BCUT2D eigenvalue weighted by molar-refractivity contribution is 6.30. The number of carbonyl (C=O) groups is 3. The van der Waals surface area contributed by atoms with Gasteiger partial charge in [0.25, 0.3) is 11.8 Å². The average Bonchev–Trinajstić information content (AvgIpc) is 3.12. The lowest BCUT2D eigenvalue weighted by molar-refractivity contribution is -0.206. The van der Waals surface area contributed by atoms with Gasteiger partial charge in [-0.25, -0.2) is 4.79 Å². The summed E-state index contributed by atoms with van der Waals surface area (Å²) in [7, 11) is 0. The summed E-state index contributed by atoms with van der Waals surface area (Å²) in [5, 5.41) is 2.44. The number of ether oxygens (including phenoxy) is 2. The highest BCUT2D eigenvalue weighted by Gasteiger charge is 2.50. The molecule has 0 spiro atoms. The van der Waals surface area contributed by atoms with Crippen LogP contribution >= 0.6 is 11.6 Å². The number of rotatable bonds is 11. The lowest BCUT2D eigenvalue weighted by Gasteiger charge is -2.36. The summed E-state index contributed by atoms with van der Waals surface area (Å²) in [6.45, 7) is 0.465. The largest absolute Gasteiger partial charge is 0.493 e. The number of alkyl halides is 5. The van der Waals surface area contributed by atoms with E-state index in [4.69, 9.17) is 22.1 Å². The molecule has 0 aromatic heterocycles. The molecule has 51 heavy (non-hydrogen) atoms.